The van der Waals surface area contributed by atoms with Crippen LogP contribution in [0.4, 0.5) is 0 Å². The summed E-state index contributed by atoms with van der Waals surface area (Å²) in [7, 11) is 2.11. The molecule has 3 atom stereocenters. The zero-order valence-corrected chi connectivity index (χ0v) is 11.2. The lowest BCUT2D eigenvalue weighted by molar-refractivity contribution is 0.00555. The van der Waals surface area contributed by atoms with Crippen LogP contribution in [-0.2, 0) is 4.74 Å². The first-order valence-electron chi connectivity index (χ1n) is 6.59. The summed E-state index contributed by atoms with van der Waals surface area (Å²) in [4.78, 5) is 6.33. The molecular formula is C16H18N2O. The SMILES string of the molecule is C[C@H]1[C@@H](c2ccccc2)OC(c2ccncc2)N1C. The van der Waals surface area contributed by atoms with E-state index in [1.807, 2.05) is 30.6 Å². The van der Waals surface area contributed by atoms with Gasteiger partial charge in [0.15, 0.2) is 0 Å². The van der Waals surface area contributed by atoms with Crippen molar-refractivity contribution in [3.63, 3.8) is 0 Å². The molecule has 3 nitrogen and oxygen atoms in total. The van der Waals surface area contributed by atoms with E-state index >= 15 is 0 Å². The van der Waals surface area contributed by atoms with Crippen molar-refractivity contribution in [3.05, 3.63) is 66.0 Å². The Morgan fingerprint density at radius 1 is 1.00 bits per heavy atom. The molecule has 1 aliphatic heterocycles. The Morgan fingerprint density at radius 3 is 2.37 bits per heavy atom. The minimum atomic E-state index is 0.00297. The fourth-order valence-electron chi connectivity index (χ4n) is 2.62. The van der Waals surface area contributed by atoms with Crippen LogP contribution in [-0.4, -0.2) is 23.0 Å². The molecule has 2 aromatic rings. The number of nitrogens with zero attached hydrogens (tertiary/aromatic N) is 2. The summed E-state index contributed by atoms with van der Waals surface area (Å²) in [5.41, 5.74) is 2.39. The fraction of sp³-hybridized carbons (Fsp3) is 0.312. The number of aromatic nitrogens is 1. The van der Waals surface area contributed by atoms with Crippen LogP contribution in [0.3, 0.4) is 0 Å². The summed E-state index contributed by atoms with van der Waals surface area (Å²) in [6, 6.07) is 14.8. The van der Waals surface area contributed by atoms with E-state index < -0.39 is 0 Å². The number of hydrogen-bond acceptors (Lipinski definition) is 3. The van der Waals surface area contributed by atoms with E-state index in [-0.39, 0.29) is 12.3 Å². The van der Waals surface area contributed by atoms with Gasteiger partial charge in [-0.15, -0.1) is 0 Å². The standard InChI is InChI=1S/C16H18N2O/c1-12-15(13-6-4-3-5-7-13)19-16(18(12)2)14-8-10-17-11-9-14/h3-12,15-16H,1-2H3/t12-,15-,16?/m0/s1. The summed E-state index contributed by atoms with van der Waals surface area (Å²) in [6.07, 6.45) is 3.74. The van der Waals surface area contributed by atoms with E-state index in [2.05, 4.69) is 48.1 Å². The van der Waals surface area contributed by atoms with Crippen LogP contribution in [0, 0.1) is 0 Å². The first-order valence-corrected chi connectivity index (χ1v) is 6.59. The maximum Gasteiger partial charge on any atom is 0.137 e. The monoisotopic (exact) mass is 254 g/mol. The van der Waals surface area contributed by atoms with Crippen LogP contribution in [0.5, 0.6) is 0 Å². The van der Waals surface area contributed by atoms with Crippen molar-refractivity contribution in [1.29, 1.82) is 0 Å². The number of pyridine rings is 1. The smallest absolute Gasteiger partial charge is 0.137 e. The van der Waals surface area contributed by atoms with E-state index in [1.165, 1.54) is 5.56 Å². The van der Waals surface area contributed by atoms with E-state index in [0.717, 1.165) is 5.56 Å². The first kappa shape index (κ1) is 12.3. The van der Waals surface area contributed by atoms with E-state index in [0.29, 0.717) is 6.04 Å². The fourth-order valence-corrected chi connectivity index (χ4v) is 2.62. The van der Waals surface area contributed by atoms with Crippen LogP contribution in [0.25, 0.3) is 0 Å². The molecule has 0 N–H and O–H groups in total. The maximum absolute atomic E-state index is 6.26. The lowest BCUT2D eigenvalue weighted by Crippen LogP contribution is -2.27. The van der Waals surface area contributed by atoms with Crippen molar-refractivity contribution in [1.82, 2.24) is 9.88 Å². The van der Waals surface area contributed by atoms with Crippen molar-refractivity contribution in [2.45, 2.75) is 25.3 Å². The van der Waals surface area contributed by atoms with Gasteiger partial charge in [0.05, 0.1) is 0 Å². The van der Waals surface area contributed by atoms with Crippen molar-refractivity contribution in [2.75, 3.05) is 7.05 Å². The van der Waals surface area contributed by atoms with Crippen LogP contribution < -0.4 is 0 Å². The molecule has 1 aliphatic rings. The zero-order valence-electron chi connectivity index (χ0n) is 11.2. The van der Waals surface area contributed by atoms with Gasteiger partial charge in [-0.3, -0.25) is 9.88 Å². The molecule has 1 fully saturated rings. The molecule has 3 heteroatoms. The van der Waals surface area contributed by atoms with Gasteiger partial charge < -0.3 is 4.74 Å². The van der Waals surface area contributed by atoms with Crippen LogP contribution in [0.2, 0.25) is 0 Å². The Balaban J connectivity index is 1.88. The second-order valence-electron chi connectivity index (χ2n) is 5.01. The highest BCUT2D eigenvalue weighted by atomic mass is 16.5. The predicted octanol–water partition coefficient (Wildman–Crippen LogP) is 3.17. The number of likely N-dealkylation sites (N-methyl/N-ethyl adjacent to an activating group) is 1. The Morgan fingerprint density at radius 2 is 1.68 bits per heavy atom. The van der Waals surface area contributed by atoms with Gasteiger partial charge in [-0.1, -0.05) is 30.3 Å². The molecule has 1 unspecified atom stereocenters. The highest BCUT2D eigenvalue weighted by Gasteiger charge is 2.38. The third-order valence-corrected chi connectivity index (χ3v) is 3.85. The molecule has 0 saturated carbocycles. The van der Waals surface area contributed by atoms with Crippen molar-refractivity contribution < 1.29 is 4.74 Å². The summed E-state index contributed by atoms with van der Waals surface area (Å²) < 4.78 is 6.26. The van der Waals surface area contributed by atoms with Crippen LogP contribution in [0.15, 0.2) is 54.9 Å². The minimum absolute atomic E-state index is 0.00297. The number of benzene rings is 1. The molecule has 0 bridgehead atoms. The molecule has 1 saturated heterocycles. The Kier molecular flexibility index (Phi) is 3.32. The summed E-state index contributed by atoms with van der Waals surface area (Å²) in [5.74, 6) is 0. The average Bonchev–Trinajstić information content (AvgIpc) is 2.77. The lowest BCUT2D eigenvalue weighted by atomic mass is 10.0. The molecule has 1 aromatic carbocycles. The Hall–Kier alpha value is -1.71. The minimum Gasteiger partial charge on any atom is -0.349 e. The molecule has 0 amide bonds. The summed E-state index contributed by atoms with van der Waals surface area (Å²) in [6.45, 7) is 2.21. The molecule has 0 radical (unpaired) electrons. The zero-order chi connectivity index (χ0) is 13.2. The van der Waals surface area contributed by atoms with Crippen LogP contribution in [0.1, 0.15) is 30.4 Å². The average molecular weight is 254 g/mol. The van der Waals surface area contributed by atoms with Crippen molar-refractivity contribution in [2.24, 2.45) is 0 Å². The Bertz CT molecular complexity index is 479. The topological polar surface area (TPSA) is 25.4 Å². The molecule has 0 spiro atoms. The first-order chi connectivity index (χ1) is 9.27. The lowest BCUT2D eigenvalue weighted by Gasteiger charge is -2.21. The maximum atomic E-state index is 6.26. The van der Waals surface area contributed by atoms with Gasteiger partial charge in [0, 0.05) is 18.4 Å². The van der Waals surface area contributed by atoms with Crippen molar-refractivity contribution in [3.8, 4) is 0 Å². The number of rotatable bonds is 2. The molecular weight excluding hydrogens is 236 g/mol. The number of ether oxygens (including phenoxy) is 1. The van der Waals surface area contributed by atoms with Gasteiger partial charge in [0.2, 0.25) is 0 Å². The third kappa shape index (κ3) is 2.27. The third-order valence-electron chi connectivity index (χ3n) is 3.85. The quantitative estimate of drug-likeness (QED) is 0.823. The van der Waals surface area contributed by atoms with E-state index in [1.54, 1.807) is 0 Å². The van der Waals surface area contributed by atoms with Gasteiger partial charge in [0.25, 0.3) is 0 Å². The van der Waals surface area contributed by atoms with Crippen molar-refractivity contribution >= 4 is 0 Å². The second kappa shape index (κ2) is 5.11. The van der Waals surface area contributed by atoms with E-state index in [9.17, 15) is 0 Å². The largest absolute Gasteiger partial charge is 0.349 e. The normalized spacial score (nSPS) is 27.6. The summed E-state index contributed by atoms with van der Waals surface area (Å²) >= 11 is 0. The van der Waals surface area contributed by atoms with Gasteiger partial charge in [-0.25, -0.2) is 0 Å². The molecule has 0 aliphatic carbocycles. The highest BCUT2D eigenvalue weighted by Crippen LogP contribution is 2.40. The molecule has 98 valence electrons. The second-order valence-corrected chi connectivity index (χ2v) is 5.01. The van der Waals surface area contributed by atoms with Gasteiger partial charge in [-0.2, -0.15) is 0 Å². The van der Waals surface area contributed by atoms with Gasteiger partial charge >= 0.3 is 0 Å². The van der Waals surface area contributed by atoms with Crippen LogP contribution >= 0.6 is 0 Å². The Labute approximate surface area is 113 Å². The van der Waals surface area contributed by atoms with Gasteiger partial charge in [-0.05, 0) is 37.2 Å². The van der Waals surface area contributed by atoms with Gasteiger partial charge in [0.1, 0.15) is 12.3 Å². The molecule has 2 heterocycles. The summed E-state index contributed by atoms with van der Waals surface area (Å²) in [5, 5.41) is 0. The predicted molar refractivity (Wildman–Crippen MR) is 74.5 cm³/mol. The highest BCUT2D eigenvalue weighted by molar-refractivity contribution is 5.22. The van der Waals surface area contributed by atoms with E-state index in [4.69, 9.17) is 4.74 Å². The molecule has 19 heavy (non-hydrogen) atoms. The number of hydrogen-bond donors (Lipinski definition) is 0. The molecule has 3 rings (SSSR count). The molecule has 1 aromatic heterocycles.